The number of halogens is 1. The third-order valence-electron chi connectivity index (χ3n) is 2.70. The minimum absolute atomic E-state index is 0.147. The monoisotopic (exact) mass is 247 g/mol. The minimum atomic E-state index is -0.147. The second kappa shape index (κ2) is 5.19. The van der Waals surface area contributed by atoms with Crippen molar-refractivity contribution in [2.45, 2.75) is 19.8 Å². The third-order valence-corrected chi connectivity index (χ3v) is 3.02. The van der Waals surface area contributed by atoms with Crippen molar-refractivity contribution in [2.75, 3.05) is 0 Å². The van der Waals surface area contributed by atoms with Gasteiger partial charge in [0.1, 0.15) is 0 Å². The van der Waals surface area contributed by atoms with Crippen LogP contribution in [0.3, 0.4) is 0 Å². The Morgan fingerprint density at radius 3 is 2.82 bits per heavy atom. The first-order valence-corrected chi connectivity index (χ1v) is 5.99. The van der Waals surface area contributed by atoms with Gasteiger partial charge in [-0.3, -0.25) is 4.79 Å². The molecule has 2 rings (SSSR count). The molecule has 0 atom stereocenters. The fourth-order valence-corrected chi connectivity index (χ4v) is 2.13. The lowest BCUT2D eigenvalue weighted by Crippen LogP contribution is -2.23. The number of allylic oxidation sites excluding steroid dienone is 3. The number of carbonyl (C=O) groups is 1. The van der Waals surface area contributed by atoms with Crippen LogP contribution in [-0.4, -0.2) is 5.91 Å². The molecule has 1 aromatic carbocycles. The number of amides is 1. The second-order valence-corrected chi connectivity index (χ2v) is 4.43. The lowest BCUT2D eigenvalue weighted by Gasteiger charge is -2.11. The standard InChI is InChI=1S/C14H14ClNO/c1-10-6-5-9-12(15)13(10)14(17)16-11-7-3-2-4-8-11/h3,5-9H,2,4H2,1H3,(H,16,17). The van der Waals surface area contributed by atoms with E-state index in [0.717, 1.165) is 24.1 Å². The molecule has 0 saturated carbocycles. The van der Waals surface area contributed by atoms with E-state index in [2.05, 4.69) is 11.4 Å². The zero-order valence-electron chi connectivity index (χ0n) is 9.66. The Morgan fingerprint density at radius 1 is 1.35 bits per heavy atom. The quantitative estimate of drug-likeness (QED) is 0.850. The van der Waals surface area contributed by atoms with E-state index in [1.165, 1.54) is 0 Å². The van der Waals surface area contributed by atoms with Crippen molar-refractivity contribution in [3.05, 3.63) is 58.3 Å². The maximum atomic E-state index is 12.1. The summed E-state index contributed by atoms with van der Waals surface area (Å²) in [5.41, 5.74) is 2.28. The van der Waals surface area contributed by atoms with Gasteiger partial charge in [0.2, 0.25) is 0 Å². The molecule has 0 fully saturated rings. The predicted molar refractivity (Wildman–Crippen MR) is 70.1 cm³/mol. The van der Waals surface area contributed by atoms with Crippen molar-refractivity contribution in [2.24, 2.45) is 0 Å². The number of aryl methyl sites for hydroxylation is 1. The zero-order chi connectivity index (χ0) is 12.3. The number of hydrogen-bond donors (Lipinski definition) is 1. The highest BCUT2D eigenvalue weighted by atomic mass is 35.5. The van der Waals surface area contributed by atoms with E-state index in [9.17, 15) is 4.79 Å². The van der Waals surface area contributed by atoms with Gasteiger partial charge in [-0.1, -0.05) is 35.9 Å². The molecular formula is C14H14ClNO. The van der Waals surface area contributed by atoms with Crippen molar-refractivity contribution in [1.29, 1.82) is 0 Å². The first kappa shape index (κ1) is 11.9. The molecule has 2 nitrogen and oxygen atoms in total. The lowest BCUT2D eigenvalue weighted by molar-refractivity contribution is 0.0966. The summed E-state index contributed by atoms with van der Waals surface area (Å²) in [5.74, 6) is -0.147. The van der Waals surface area contributed by atoms with E-state index in [1.807, 2.05) is 31.2 Å². The van der Waals surface area contributed by atoms with Gasteiger partial charge in [0.25, 0.3) is 5.91 Å². The Morgan fingerprint density at radius 2 is 2.18 bits per heavy atom. The van der Waals surface area contributed by atoms with Gasteiger partial charge in [-0.15, -0.1) is 0 Å². The van der Waals surface area contributed by atoms with Crippen LogP contribution in [0.4, 0.5) is 0 Å². The molecule has 0 radical (unpaired) electrons. The first-order valence-electron chi connectivity index (χ1n) is 5.61. The molecule has 1 aliphatic carbocycles. The number of hydrogen-bond acceptors (Lipinski definition) is 1. The highest BCUT2D eigenvalue weighted by molar-refractivity contribution is 6.34. The lowest BCUT2D eigenvalue weighted by atomic mass is 10.1. The summed E-state index contributed by atoms with van der Waals surface area (Å²) in [6, 6.07) is 5.45. The molecule has 17 heavy (non-hydrogen) atoms. The van der Waals surface area contributed by atoms with Gasteiger partial charge in [0.15, 0.2) is 0 Å². The van der Waals surface area contributed by atoms with Crippen LogP contribution >= 0.6 is 11.6 Å². The molecule has 1 aliphatic rings. The van der Waals surface area contributed by atoms with Gasteiger partial charge in [-0.05, 0) is 37.5 Å². The summed E-state index contributed by atoms with van der Waals surface area (Å²) < 4.78 is 0. The number of benzene rings is 1. The molecule has 3 heteroatoms. The minimum Gasteiger partial charge on any atom is -0.322 e. The van der Waals surface area contributed by atoms with E-state index < -0.39 is 0 Å². The molecule has 0 bridgehead atoms. The second-order valence-electron chi connectivity index (χ2n) is 4.03. The number of rotatable bonds is 2. The van der Waals surface area contributed by atoms with Crippen LogP contribution in [-0.2, 0) is 0 Å². The molecule has 1 aromatic rings. The van der Waals surface area contributed by atoms with Crippen molar-refractivity contribution in [3.8, 4) is 0 Å². The molecule has 0 unspecified atom stereocenters. The van der Waals surface area contributed by atoms with Gasteiger partial charge in [-0.2, -0.15) is 0 Å². The summed E-state index contributed by atoms with van der Waals surface area (Å²) >= 11 is 6.04. The van der Waals surface area contributed by atoms with Crippen molar-refractivity contribution in [3.63, 3.8) is 0 Å². The predicted octanol–water partition coefficient (Wildman–Crippen LogP) is 3.61. The van der Waals surface area contributed by atoms with Gasteiger partial charge in [0, 0.05) is 5.70 Å². The van der Waals surface area contributed by atoms with Crippen molar-refractivity contribution >= 4 is 17.5 Å². The van der Waals surface area contributed by atoms with Gasteiger partial charge >= 0.3 is 0 Å². The molecule has 0 aromatic heterocycles. The summed E-state index contributed by atoms with van der Waals surface area (Å²) in [4.78, 5) is 12.1. The molecule has 88 valence electrons. The van der Waals surface area contributed by atoms with E-state index >= 15 is 0 Å². The van der Waals surface area contributed by atoms with E-state index in [-0.39, 0.29) is 5.91 Å². The Balaban J connectivity index is 2.20. The largest absolute Gasteiger partial charge is 0.322 e. The number of nitrogens with one attached hydrogen (secondary N) is 1. The average molecular weight is 248 g/mol. The summed E-state index contributed by atoms with van der Waals surface area (Å²) in [6.07, 6.45) is 7.99. The fourth-order valence-electron chi connectivity index (χ4n) is 1.82. The highest BCUT2D eigenvalue weighted by Crippen LogP contribution is 2.20. The van der Waals surface area contributed by atoms with Crippen LogP contribution in [0.1, 0.15) is 28.8 Å². The van der Waals surface area contributed by atoms with E-state index in [4.69, 9.17) is 11.6 Å². The molecule has 1 amide bonds. The normalized spacial score (nSPS) is 14.4. The van der Waals surface area contributed by atoms with Crippen molar-refractivity contribution in [1.82, 2.24) is 5.32 Å². The van der Waals surface area contributed by atoms with Gasteiger partial charge in [0.05, 0.1) is 10.6 Å². The maximum Gasteiger partial charge on any atom is 0.257 e. The molecule has 1 N–H and O–H groups in total. The van der Waals surface area contributed by atoms with Crippen LogP contribution in [0, 0.1) is 6.92 Å². The van der Waals surface area contributed by atoms with Crippen LogP contribution in [0.2, 0.25) is 5.02 Å². The summed E-state index contributed by atoms with van der Waals surface area (Å²) in [5, 5.41) is 3.36. The Hall–Kier alpha value is -1.54. The van der Waals surface area contributed by atoms with Crippen LogP contribution in [0.5, 0.6) is 0 Å². The van der Waals surface area contributed by atoms with E-state index in [0.29, 0.717) is 10.6 Å². The fraction of sp³-hybridized carbons (Fsp3) is 0.214. The smallest absolute Gasteiger partial charge is 0.257 e. The maximum absolute atomic E-state index is 12.1. The van der Waals surface area contributed by atoms with Crippen LogP contribution in [0.15, 0.2) is 42.1 Å². The SMILES string of the molecule is Cc1cccc(Cl)c1C(=O)NC1=CCCC=C1. The average Bonchev–Trinajstić information content (AvgIpc) is 2.30. The summed E-state index contributed by atoms with van der Waals surface area (Å²) in [7, 11) is 0. The van der Waals surface area contributed by atoms with E-state index in [1.54, 1.807) is 6.07 Å². The Labute approximate surface area is 106 Å². The molecular weight excluding hydrogens is 234 g/mol. The third kappa shape index (κ3) is 2.77. The molecule has 0 heterocycles. The van der Waals surface area contributed by atoms with Gasteiger partial charge < -0.3 is 5.32 Å². The molecule has 0 aliphatic heterocycles. The Kier molecular flexibility index (Phi) is 3.64. The number of carbonyl (C=O) groups excluding carboxylic acids is 1. The van der Waals surface area contributed by atoms with Crippen molar-refractivity contribution < 1.29 is 4.79 Å². The Bertz CT molecular complexity index is 483. The van der Waals surface area contributed by atoms with Gasteiger partial charge in [-0.25, -0.2) is 0 Å². The zero-order valence-corrected chi connectivity index (χ0v) is 10.4. The molecule has 0 saturated heterocycles. The highest BCUT2D eigenvalue weighted by Gasteiger charge is 2.13. The first-order chi connectivity index (χ1) is 8.18. The molecule has 0 spiro atoms. The topological polar surface area (TPSA) is 29.1 Å². The van der Waals surface area contributed by atoms with Crippen LogP contribution < -0.4 is 5.32 Å². The summed E-state index contributed by atoms with van der Waals surface area (Å²) in [6.45, 7) is 1.88. The van der Waals surface area contributed by atoms with Crippen LogP contribution in [0.25, 0.3) is 0 Å².